The average molecular weight is 852 g/mol. The minimum Gasteiger partial charge on any atom is -0.548 e. The molecule has 0 aliphatic heterocycles. The Balaban J connectivity index is 0. The number of aromatic nitrogens is 1. The minimum atomic E-state index is -1.63. The van der Waals surface area contributed by atoms with Crippen LogP contribution in [-0.4, -0.2) is 74.2 Å². The van der Waals surface area contributed by atoms with Crippen molar-refractivity contribution in [3.05, 3.63) is 53.4 Å². The molecule has 2 aromatic carbocycles. The van der Waals surface area contributed by atoms with E-state index < -0.39 is 61.8 Å². The maximum atomic E-state index is 11.4. The van der Waals surface area contributed by atoms with Crippen molar-refractivity contribution >= 4 is 63.8 Å². The quantitative estimate of drug-likeness (QED) is 0.0705. The molecule has 0 atom stereocenters. The fourth-order valence-electron chi connectivity index (χ4n) is 4.25. The van der Waals surface area contributed by atoms with Crippen LogP contribution < -0.4 is 302 Å². The molecular formula is C28H19ClK5N3O14. The van der Waals surface area contributed by atoms with Gasteiger partial charge in [0.15, 0.2) is 11.5 Å². The fourth-order valence-corrected chi connectivity index (χ4v) is 4.41. The van der Waals surface area contributed by atoms with Gasteiger partial charge in [0, 0.05) is 22.5 Å². The van der Waals surface area contributed by atoms with Crippen LogP contribution in [0.2, 0.25) is 5.02 Å². The standard InChI is InChI=1S/C28H24ClN3O14.5K/c29-15-1-2-16(31(10-23(33)34)11-24(35)36)20(7-15)44-4-3-43-19-5-14-6-21(27-30-9-22(46-27)28(41)42)45-18(14)8-17(19)32(12-25(37)38)13-26(39)40;;;;;/h1-2,5-9H,3-4,10-13H2,(H,33,34)(H,35,36)(H,37,38)(H,39,40)(H,41,42);;;;;/q;5*+1/p-5. The van der Waals surface area contributed by atoms with Crippen molar-refractivity contribution in [2.75, 3.05) is 49.2 Å². The second-order valence-electron chi connectivity index (χ2n) is 9.29. The van der Waals surface area contributed by atoms with Crippen molar-refractivity contribution in [2.45, 2.75) is 0 Å². The number of nitrogens with zero attached hydrogens (tertiary/aromatic N) is 3. The molecule has 0 saturated heterocycles. The molecule has 0 N–H and O–H groups in total. The normalized spacial score (nSPS) is 9.75. The summed E-state index contributed by atoms with van der Waals surface area (Å²) in [6.45, 7) is -3.97. The van der Waals surface area contributed by atoms with Gasteiger partial charge in [0.25, 0.3) is 5.89 Å². The Hall–Kier alpha value is 2.21. The van der Waals surface area contributed by atoms with E-state index in [2.05, 4.69) is 4.98 Å². The van der Waals surface area contributed by atoms with Gasteiger partial charge in [-0.1, -0.05) is 11.6 Å². The molecule has 4 aromatic rings. The van der Waals surface area contributed by atoms with Crippen LogP contribution in [-0.2, 0) is 19.2 Å². The Morgan fingerprint density at radius 1 is 0.667 bits per heavy atom. The summed E-state index contributed by atoms with van der Waals surface area (Å²) < 4.78 is 22.3. The zero-order valence-corrected chi connectivity index (χ0v) is 44.6. The molecule has 242 valence electrons. The first kappa shape index (κ1) is 55.3. The number of carboxylic acid groups (broad SMARTS) is 5. The van der Waals surface area contributed by atoms with Crippen molar-refractivity contribution in [1.82, 2.24) is 4.98 Å². The van der Waals surface area contributed by atoms with Gasteiger partial charge in [-0.05, 0) is 24.3 Å². The number of oxazole rings is 1. The van der Waals surface area contributed by atoms with E-state index in [-0.39, 0.29) is 315 Å². The largest absolute Gasteiger partial charge is 1.00 e. The van der Waals surface area contributed by atoms with Gasteiger partial charge in [0.2, 0.25) is 0 Å². The van der Waals surface area contributed by atoms with Gasteiger partial charge in [0.05, 0.1) is 67.6 Å². The zero-order chi connectivity index (χ0) is 33.5. The molecule has 2 heterocycles. The SMILES string of the molecule is O=C([O-])CN(CC(=O)[O-])c1ccc(Cl)cc1OCCOc1cc2cc(-c3ncc(C(=O)[O-])o3)oc2cc1N(CC(=O)[O-])CC(=O)[O-].[K+].[K+].[K+].[K+].[K+]. The first-order chi connectivity index (χ1) is 21.8. The van der Waals surface area contributed by atoms with Crippen molar-refractivity contribution in [3.8, 4) is 23.1 Å². The Kier molecular flexibility index (Phi) is 29.3. The first-order valence-electron chi connectivity index (χ1n) is 12.9. The second kappa shape index (κ2) is 27.0. The number of ether oxygens (including phenoxy) is 2. The monoisotopic (exact) mass is 851 g/mol. The third kappa shape index (κ3) is 17.3. The number of hydrogen-bond donors (Lipinski definition) is 0. The molecular weight excluding hydrogens is 833 g/mol. The van der Waals surface area contributed by atoms with Gasteiger partial charge < -0.3 is 77.6 Å². The number of anilines is 2. The van der Waals surface area contributed by atoms with Crippen LogP contribution in [0.3, 0.4) is 0 Å². The Morgan fingerprint density at radius 2 is 1.16 bits per heavy atom. The van der Waals surface area contributed by atoms with Crippen molar-refractivity contribution in [3.63, 3.8) is 0 Å². The third-order valence-electron chi connectivity index (χ3n) is 6.00. The predicted molar refractivity (Wildman–Crippen MR) is 143 cm³/mol. The molecule has 0 aliphatic rings. The number of benzene rings is 2. The van der Waals surface area contributed by atoms with Crippen LogP contribution in [0.1, 0.15) is 10.6 Å². The zero-order valence-electron chi connectivity index (χ0n) is 28.2. The summed E-state index contributed by atoms with van der Waals surface area (Å²) in [6, 6.07) is 8.03. The molecule has 0 fully saturated rings. The van der Waals surface area contributed by atoms with Crippen molar-refractivity contribution in [1.29, 1.82) is 0 Å². The van der Waals surface area contributed by atoms with E-state index in [1.807, 2.05) is 0 Å². The smallest absolute Gasteiger partial charge is 0.548 e. The molecule has 0 radical (unpaired) electrons. The van der Waals surface area contributed by atoms with Gasteiger partial charge in [0.1, 0.15) is 36.3 Å². The first-order valence-corrected chi connectivity index (χ1v) is 13.3. The molecule has 51 heavy (non-hydrogen) atoms. The van der Waals surface area contributed by atoms with E-state index in [0.717, 1.165) is 16.0 Å². The Labute approximate surface area is 506 Å². The maximum absolute atomic E-state index is 11.4. The Bertz CT molecular complexity index is 1790. The Morgan fingerprint density at radius 3 is 1.63 bits per heavy atom. The molecule has 17 nitrogen and oxygen atoms in total. The molecule has 0 spiro atoms. The summed E-state index contributed by atoms with van der Waals surface area (Å²) in [7, 11) is 0. The van der Waals surface area contributed by atoms with Crippen molar-refractivity contribution < 1.29 is 325 Å². The van der Waals surface area contributed by atoms with Crippen molar-refractivity contribution in [2.24, 2.45) is 0 Å². The summed E-state index contributed by atoms with van der Waals surface area (Å²) >= 11 is 6.05. The summed E-state index contributed by atoms with van der Waals surface area (Å²) in [5.74, 6) is -8.93. The van der Waals surface area contributed by atoms with Crippen LogP contribution in [0, 0.1) is 0 Å². The number of carbonyl (C=O) groups excluding carboxylic acids is 5. The number of aliphatic carboxylic acids is 4. The van der Waals surface area contributed by atoms with E-state index >= 15 is 0 Å². The van der Waals surface area contributed by atoms with E-state index in [0.29, 0.717) is 5.39 Å². The van der Waals surface area contributed by atoms with Gasteiger partial charge in [-0.15, -0.1) is 0 Å². The minimum absolute atomic E-state index is 0. The number of aromatic carboxylic acids is 1. The van der Waals surface area contributed by atoms with Gasteiger partial charge in [-0.3, -0.25) is 0 Å². The number of hydrogen-bond acceptors (Lipinski definition) is 17. The molecule has 4 rings (SSSR count). The van der Waals surface area contributed by atoms with E-state index in [4.69, 9.17) is 29.9 Å². The van der Waals surface area contributed by atoms with Gasteiger partial charge >= 0.3 is 257 Å². The summed E-state index contributed by atoms with van der Waals surface area (Å²) in [5.41, 5.74) is 0.0310. The molecule has 0 amide bonds. The van der Waals surface area contributed by atoms with E-state index in [1.54, 1.807) is 0 Å². The van der Waals surface area contributed by atoms with Gasteiger partial charge in [-0.2, -0.15) is 0 Å². The maximum Gasteiger partial charge on any atom is 1.00 e. The number of halogens is 1. The van der Waals surface area contributed by atoms with E-state index in [1.165, 1.54) is 36.4 Å². The third-order valence-corrected chi connectivity index (χ3v) is 6.23. The predicted octanol–water partition coefficient (Wildman–Crippen LogP) is -18.8. The summed E-state index contributed by atoms with van der Waals surface area (Å²) in [5, 5.41) is 56.8. The molecule has 0 aliphatic carbocycles. The average Bonchev–Trinajstić information content (AvgIpc) is 3.61. The second-order valence-corrected chi connectivity index (χ2v) is 9.73. The molecule has 0 saturated carbocycles. The molecule has 2 aromatic heterocycles. The number of furan rings is 1. The molecule has 0 bridgehead atoms. The van der Waals surface area contributed by atoms with Crippen LogP contribution in [0.25, 0.3) is 22.6 Å². The van der Waals surface area contributed by atoms with Crippen LogP contribution in [0.5, 0.6) is 11.5 Å². The van der Waals surface area contributed by atoms with E-state index in [9.17, 15) is 49.5 Å². The van der Waals surface area contributed by atoms with Crippen LogP contribution in [0.4, 0.5) is 11.4 Å². The topological polar surface area (TPSA) is 265 Å². The molecule has 0 unspecified atom stereocenters. The fraction of sp³-hybridized carbons (Fsp3) is 0.214. The van der Waals surface area contributed by atoms with Gasteiger partial charge in [-0.25, -0.2) is 4.98 Å². The van der Waals surface area contributed by atoms with Crippen LogP contribution >= 0.6 is 11.6 Å². The number of carboxylic acids is 5. The van der Waals surface area contributed by atoms with Crippen LogP contribution in [0.15, 0.2) is 51.4 Å². The number of carbonyl (C=O) groups is 5. The molecule has 23 heteroatoms. The summed E-state index contributed by atoms with van der Waals surface area (Å²) in [6.07, 6.45) is 0.904. The number of fused-ring (bicyclic) bond motifs is 1. The number of rotatable bonds is 17. The summed E-state index contributed by atoms with van der Waals surface area (Å²) in [4.78, 5) is 61.9.